The Morgan fingerprint density at radius 3 is 1.70 bits per heavy atom. The van der Waals surface area contributed by atoms with Gasteiger partial charge in [0.15, 0.2) is 0 Å². The Morgan fingerprint density at radius 1 is 0.493 bits per heavy atom. The highest BCUT2D eigenvalue weighted by molar-refractivity contribution is 5.13. The summed E-state index contributed by atoms with van der Waals surface area (Å²) >= 11 is 0. The standard InChI is InChI=1S/C67H126O2/c1-10-12-13-14-15-16-17-18-19-20-21-22-23-24-25-26-27-28-32-35-43-61(45-38-44-60(68-9)39-11-2)69-54-36-33-30-29-31-34-42-58-48-51-65(6)59(55-58)46-47-62-63(65)49-53-67(8)64(62)50-52-66(67,7)57(5)41-37-40-56(3)4/h15-16,56-64H,10-14,17-55H2,1-9H3/b16-15-/t57-,58+,59?,60?,61?,62?,63+,64+,65+,66-,67+/m1/s1. The van der Waals surface area contributed by atoms with Gasteiger partial charge in [-0.15, -0.1) is 0 Å². The summed E-state index contributed by atoms with van der Waals surface area (Å²) in [5, 5.41) is 0. The molecule has 0 spiro atoms. The van der Waals surface area contributed by atoms with Crippen LogP contribution in [0.25, 0.3) is 0 Å². The van der Waals surface area contributed by atoms with E-state index in [4.69, 9.17) is 9.47 Å². The van der Waals surface area contributed by atoms with E-state index >= 15 is 0 Å². The van der Waals surface area contributed by atoms with Crippen LogP contribution in [0.1, 0.15) is 331 Å². The molecule has 406 valence electrons. The molecule has 11 atom stereocenters. The van der Waals surface area contributed by atoms with Crippen LogP contribution in [0.5, 0.6) is 0 Å². The van der Waals surface area contributed by atoms with Gasteiger partial charge in [-0.3, -0.25) is 0 Å². The first-order chi connectivity index (χ1) is 33.5. The first-order valence-electron chi connectivity index (χ1n) is 32.3. The highest BCUT2D eigenvalue weighted by atomic mass is 16.5. The maximum atomic E-state index is 6.67. The predicted octanol–water partition coefficient (Wildman–Crippen LogP) is 22.2. The summed E-state index contributed by atoms with van der Waals surface area (Å²) in [6.45, 7) is 21.4. The van der Waals surface area contributed by atoms with Gasteiger partial charge in [0.2, 0.25) is 0 Å². The number of fused-ring (bicyclic) bond motifs is 5. The summed E-state index contributed by atoms with van der Waals surface area (Å²) in [7, 11) is 1.91. The Bertz CT molecular complexity index is 1270. The minimum Gasteiger partial charge on any atom is -0.381 e. The number of methoxy groups -OCH3 is 1. The molecule has 0 saturated heterocycles. The molecular formula is C67H126O2. The van der Waals surface area contributed by atoms with Crippen molar-refractivity contribution in [2.45, 2.75) is 344 Å². The molecule has 4 saturated carbocycles. The van der Waals surface area contributed by atoms with Crippen molar-refractivity contribution < 1.29 is 9.47 Å². The molecule has 0 aromatic heterocycles. The SMILES string of the molecule is CCCCC/C=C\CCCCCCCCCCCCCCCC(CCCC(CCC)OC)OCCCCCCCC[C@H]1CC[C@@]2(C)C(CCC3[C@@H]2CC[C@@]2(C)[C@H]3CC[C@]2(C)[C@H](C)CCCC(C)C)C1. The quantitative estimate of drug-likeness (QED) is 0.0448. The molecule has 69 heavy (non-hydrogen) atoms. The van der Waals surface area contributed by atoms with Crippen molar-refractivity contribution >= 4 is 0 Å². The number of hydrogen-bond donors (Lipinski definition) is 0. The fourth-order valence-corrected chi connectivity index (χ4v) is 16.3. The van der Waals surface area contributed by atoms with Gasteiger partial charge in [-0.25, -0.2) is 0 Å². The maximum absolute atomic E-state index is 6.67. The normalized spacial score (nSPS) is 29.3. The third kappa shape index (κ3) is 20.7. The van der Waals surface area contributed by atoms with E-state index in [0.717, 1.165) is 48.0 Å². The van der Waals surface area contributed by atoms with Gasteiger partial charge in [0.1, 0.15) is 0 Å². The summed E-state index contributed by atoms with van der Waals surface area (Å²) in [4.78, 5) is 0. The van der Waals surface area contributed by atoms with Crippen LogP contribution in [0, 0.1) is 57.7 Å². The van der Waals surface area contributed by atoms with E-state index in [1.54, 1.807) is 32.1 Å². The summed E-state index contributed by atoms with van der Waals surface area (Å²) < 4.78 is 12.5. The summed E-state index contributed by atoms with van der Waals surface area (Å²) in [6.07, 6.45) is 66.4. The minimum absolute atomic E-state index is 0.432. The molecule has 4 aliphatic rings. The second-order valence-corrected chi connectivity index (χ2v) is 26.6. The van der Waals surface area contributed by atoms with Gasteiger partial charge < -0.3 is 9.47 Å². The molecule has 0 aromatic rings. The lowest BCUT2D eigenvalue weighted by molar-refractivity contribution is -0.137. The Balaban J connectivity index is 1.02. The third-order valence-electron chi connectivity index (χ3n) is 21.3. The first kappa shape index (κ1) is 61.2. The highest BCUT2D eigenvalue weighted by Crippen LogP contribution is 2.72. The summed E-state index contributed by atoms with van der Waals surface area (Å²) in [6, 6.07) is 0. The number of hydrogen-bond acceptors (Lipinski definition) is 2. The first-order valence-corrected chi connectivity index (χ1v) is 32.3. The number of allylic oxidation sites excluding steroid dienone is 2. The Labute approximate surface area is 434 Å². The van der Waals surface area contributed by atoms with Gasteiger partial charge in [0.05, 0.1) is 12.2 Å². The fraction of sp³-hybridized carbons (Fsp3) is 0.970. The molecule has 4 fully saturated rings. The molecule has 0 amide bonds. The van der Waals surface area contributed by atoms with E-state index in [-0.39, 0.29) is 0 Å². The summed E-state index contributed by atoms with van der Waals surface area (Å²) in [5.74, 6) is 6.80. The molecular weight excluding hydrogens is 837 g/mol. The van der Waals surface area contributed by atoms with Crippen molar-refractivity contribution in [2.24, 2.45) is 57.7 Å². The van der Waals surface area contributed by atoms with E-state index < -0.39 is 0 Å². The van der Waals surface area contributed by atoms with Crippen LogP contribution in [0.2, 0.25) is 0 Å². The molecule has 4 unspecified atom stereocenters. The van der Waals surface area contributed by atoms with Gasteiger partial charge >= 0.3 is 0 Å². The third-order valence-corrected chi connectivity index (χ3v) is 21.3. The van der Waals surface area contributed by atoms with Crippen LogP contribution in [0.15, 0.2) is 12.2 Å². The van der Waals surface area contributed by atoms with Gasteiger partial charge in [0.25, 0.3) is 0 Å². The smallest absolute Gasteiger partial charge is 0.0575 e. The van der Waals surface area contributed by atoms with Crippen LogP contribution in [0.4, 0.5) is 0 Å². The van der Waals surface area contributed by atoms with Gasteiger partial charge in [-0.05, 0) is 180 Å². The lowest BCUT2D eigenvalue weighted by Crippen LogP contribution is -2.55. The predicted molar refractivity (Wildman–Crippen MR) is 305 cm³/mol. The van der Waals surface area contributed by atoms with E-state index in [0.29, 0.717) is 28.5 Å². The lowest BCUT2D eigenvalue weighted by Gasteiger charge is -2.63. The zero-order valence-corrected chi connectivity index (χ0v) is 48.8. The van der Waals surface area contributed by atoms with Crippen molar-refractivity contribution in [3.8, 4) is 0 Å². The van der Waals surface area contributed by atoms with Crippen LogP contribution < -0.4 is 0 Å². The lowest BCUT2D eigenvalue weighted by atomic mass is 9.42. The molecule has 2 nitrogen and oxygen atoms in total. The molecule has 0 bridgehead atoms. The van der Waals surface area contributed by atoms with Gasteiger partial charge in [-0.2, -0.15) is 0 Å². The van der Waals surface area contributed by atoms with Crippen molar-refractivity contribution in [3.63, 3.8) is 0 Å². The zero-order chi connectivity index (χ0) is 49.6. The van der Waals surface area contributed by atoms with Crippen LogP contribution >= 0.6 is 0 Å². The van der Waals surface area contributed by atoms with Crippen molar-refractivity contribution in [1.29, 1.82) is 0 Å². The molecule has 0 heterocycles. The minimum atomic E-state index is 0.432. The van der Waals surface area contributed by atoms with Crippen LogP contribution in [0.3, 0.4) is 0 Å². The average molecular weight is 964 g/mol. The van der Waals surface area contributed by atoms with Gasteiger partial charge in [0, 0.05) is 13.7 Å². The second-order valence-electron chi connectivity index (χ2n) is 26.6. The second kappa shape index (κ2) is 35.0. The van der Waals surface area contributed by atoms with Crippen molar-refractivity contribution in [2.75, 3.05) is 13.7 Å². The average Bonchev–Trinajstić information content (AvgIpc) is 3.62. The highest BCUT2D eigenvalue weighted by Gasteiger charge is 2.64. The van der Waals surface area contributed by atoms with Crippen molar-refractivity contribution in [1.82, 2.24) is 0 Å². The molecule has 0 N–H and O–H groups in total. The summed E-state index contributed by atoms with van der Waals surface area (Å²) in [5.41, 5.74) is 1.76. The molecule has 2 heteroatoms. The van der Waals surface area contributed by atoms with E-state index in [1.165, 1.54) is 244 Å². The zero-order valence-electron chi connectivity index (χ0n) is 48.8. The van der Waals surface area contributed by atoms with E-state index in [2.05, 4.69) is 67.5 Å². The molecule has 0 aromatic carbocycles. The number of rotatable bonds is 42. The monoisotopic (exact) mass is 963 g/mol. The number of unbranched alkanes of at least 4 members (excludes halogenated alkanes) is 21. The fourth-order valence-electron chi connectivity index (χ4n) is 16.3. The molecule has 0 radical (unpaired) electrons. The molecule has 4 rings (SSSR count). The van der Waals surface area contributed by atoms with Crippen LogP contribution in [-0.4, -0.2) is 25.9 Å². The van der Waals surface area contributed by atoms with Crippen LogP contribution in [-0.2, 0) is 9.47 Å². The van der Waals surface area contributed by atoms with Crippen molar-refractivity contribution in [3.05, 3.63) is 12.2 Å². The largest absolute Gasteiger partial charge is 0.381 e. The Kier molecular flexibility index (Phi) is 31.1. The van der Waals surface area contributed by atoms with Gasteiger partial charge in [-0.1, -0.05) is 222 Å². The Morgan fingerprint density at radius 2 is 1.06 bits per heavy atom. The maximum Gasteiger partial charge on any atom is 0.0575 e. The molecule has 0 aliphatic heterocycles. The topological polar surface area (TPSA) is 18.5 Å². The van der Waals surface area contributed by atoms with E-state index in [9.17, 15) is 0 Å². The Hall–Kier alpha value is -0.340. The van der Waals surface area contributed by atoms with E-state index in [1.807, 2.05) is 7.11 Å². The molecule has 4 aliphatic carbocycles. The number of ether oxygens (including phenoxy) is 2.